The molecule has 1 aromatic rings. The van der Waals surface area contributed by atoms with Crippen molar-refractivity contribution in [3.05, 3.63) is 28.2 Å². The molecule has 1 aliphatic heterocycles. The minimum Gasteiger partial charge on any atom is -0.370 e. The van der Waals surface area contributed by atoms with Gasteiger partial charge in [0.2, 0.25) is 11.8 Å². The van der Waals surface area contributed by atoms with E-state index >= 15 is 0 Å². The van der Waals surface area contributed by atoms with E-state index in [-0.39, 0.29) is 17.7 Å². The Labute approximate surface area is 168 Å². The number of rotatable bonds is 6. The second-order valence-corrected chi connectivity index (χ2v) is 7.77. The van der Waals surface area contributed by atoms with Crippen molar-refractivity contribution < 1.29 is 9.59 Å². The minimum atomic E-state index is -0.260. The molecule has 8 heteroatoms. The summed E-state index contributed by atoms with van der Waals surface area (Å²) < 4.78 is 0.986. The molecule has 0 aliphatic carbocycles. The third-order valence-electron chi connectivity index (χ3n) is 4.62. The molecule has 0 saturated carbocycles. The van der Waals surface area contributed by atoms with E-state index in [0.29, 0.717) is 19.4 Å². The fraction of sp³-hybridized carbons (Fsp3) is 0.526. The number of nitrogens with one attached hydrogen (secondary N) is 2. The van der Waals surface area contributed by atoms with Crippen molar-refractivity contribution in [3.63, 3.8) is 0 Å². The molecule has 1 atom stereocenters. The van der Waals surface area contributed by atoms with Crippen molar-refractivity contribution >= 4 is 39.4 Å². The number of benzene rings is 1. The lowest BCUT2D eigenvalue weighted by Gasteiger charge is -2.34. The number of nitrogens with two attached hydrogens (primary N) is 1. The molecule has 1 heterocycles. The summed E-state index contributed by atoms with van der Waals surface area (Å²) in [4.78, 5) is 29.8. The Kier molecular flexibility index (Phi) is 8.09. The lowest BCUT2D eigenvalue weighted by atomic mass is 9.95. The normalized spacial score (nSPS) is 17.5. The quantitative estimate of drug-likeness (QED) is 0.469. The van der Waals surface area contributed by atoms with E-state index in [4.69, 9.17) is 5.73 Å². The van der Waals surface area contributed by atoms with Crippen LogP contribution < -0.4 is 16.4 Å². The lowest BCUT2D eigenvalue weighted by molar-refractivity contribution is -0.119. The van der Waals surface area contributed by atoms with Crippen LogP contribution in [0.4, 0.5) is 5.69 Å². The number of nitrogens with zero attached hydrogens (tertiary/aromatic N) is 2. The van der Waals surface area contributed by atoms with Gasteiger partial charge in [-0.3, -0.25) is 14.6 Å². The van der Waals surface area contributed by atoms with Gasteiger partial charge in [0.05, 0.1) is 0 Å². The van der Waals surface area contributed by atoms with Crippen molar-refractivity contribution in [2.24, 2.45) is 16.6 Å². The number of piperidine rings is 1. The highest BCUT2D eigenvalue weighted by atomic mass is 79.9. The van der Waals surface area contributed by atoms with E-state index < -0.39 is 0 Å². The number of guanidine groups is 1. The van der Waals surface area contributed by atoms with E-state index in [0.717, 1.165) is 47.6 Å². The predicted octanol–water partition coefficient (Wildman–Crippen LogP) is 2.25. The Morgan fingerprint density at radius 3 is 2.85 bits per heavy atom. The summed E-state index contributed by atoms with van der Waals surface area (Å²) in [6.07, 6.45) is 2.75. The van der Waals surface area contributed by atoms with Crippen LogP contribution in [0.2, 0.25) is 0 Å². The van der Waals surface area contributed by atoms with Crippen molar-refractivity contribution in [1.82, 2.24) is 10.2 Å². The van der Waals surface area contributed by atoms with Gasteiger partial charge in [0, 0.05) is 49.7 Å². The zero-order valence-electron chi connectivity index (χ0n) is 15.9. The van der Waals surface area contributed by atoms with Crippen molar-refractivity contribution in [1.29, 1.82) is 0 Å². The van der Waals surface area contributed by atoms with Gasteiger partial charge in [0.25, 0.3) is 0 Å². The van der Waals surface area contributed by atoms with Crippen molar-refractivity contribution in [2.45, 2.75) is 32.6 Å². The molecule has 2 amide bonds. The summed E-state index contributed by atoms with van der Waals surface area (Å²) in [6, 6.07) is 5.76. The number of likely N-dealkylation sites (tertiary alicyclic amines) is 1. The Morgan fingerprint density at radius 1 is 1.41 bits per heavy atom. The summed E-state index contributed by atoms with van der Waals surface area (Å²) >= 11 is 3.42. The molecule has 0 bridgehead atoms. The monoisotopic (exact) mass is 437 g/mol. The first-order valence-corrected chi connectivity index (χ1v) is 9.98. The fourth-order valence-electron chi connectivity index (χ4n) is 3.31. The molecule has 0 aromatic heterocycles. The van der Waals surface area contributed by atoms with Crippen molar-refractivity contribution in [3.8, 4) is 0 Å². The number of primary amides is 1. The van der Waals surface area contributed by atoms with Gasteiger partial charge in [0.1, 0.15) is 0 Å². The van der Waals surface area contributed by atoms with Crippen LogP contribution in [-0.4, -0.2) is 49.4 Å². The maximum absolute atomic E-state index is 12.2. The van der Waals surface area contributed by atoms with E-state index in [9.17, 15) is 9.59 Å². The van der Waals surface area contributed by atoms with E-state index in [1.165, 1.54) is 0 Å². The molecule has 1 fully saturated rings. The predicted molar refractivity (Wildman–Crippen MR) is 112 cm³/mol. The first-order chi connectivity index (χ1) is 12.9. The van der Waals surface area contributed by atoms with Crippen LogP contribution in [-0.2, 0) is 9.59 Å². The molecular weight excluding hydrogens is 410 g/mol. The zero-order chi connectivity index (χ0) is 19.8. The number of carbonyl (C=O) groups is 2. The molecule has 1 unspecified atom stereocenters. The average molecular weight is 438 g/mol. The second-order valence-electron chi connectivity index (χ2n) is 6.86. The fourth-order valence-corrected chi connectivity index (χ4v) is 3.78. The second kappa shape index (κ2) is 10.3. The molecule has 0 spiro atoms. The summed E-state index contributed by atoms with van der Waals surface area (Å²) in [5.41, 5.74) is 7.15. The number of aliphatic imine (C=N–C) groups is 1. The number of halogens is 1. The summed E-state index contributed by atoms with van der Waals surface area (Å²) in [5, 5.41) is 6.18. The summed E-state index contributed by atoms with van der Waals surface area (Å²) in [7, 11) is 1.73. The first-order valence-electron chi connectivity index (χ1n) is 9.19. The largest absolute Gasteiger partial charge is 0.370 e. The highest BCUT2D eigenvalue weighted by Gasteiger charge is 2.23. The van der Waals surface area contributed by atoms with Gasteiger partial charge in [0.15, 0.2) is 5.96 Å². The summed E-state index contributed by atoms with van der Waals surface area (Å²) in [6.45, 7) is 4.09. The van der Waals surface area contributed by atoms with Gasteiger partial charge in [-0.1, -0.05) is 15.9 Å². The van der Waals surface area contributed by atoms with Crippen LogP contribution in [0.25, 0.3) is 0 Å². The number of aryl methyl sites for hydroxylation is 1. The van der Waals surface area contributed by atoms with Crippen molar-refractivity contribution in [2.75, 3.05) is 32.0 Å². The molecule has 4 N–H and O–H groups in total. The highest BCUT2D eigenvalue weighted by Crippen LogP contribution is 2.20. The Hall–Kier alpha value is -2.09. The SMILES string of the molecule is CN=C(NCCC(=O)Nc1ccc(Br)cc1C)N1CCCC(CC(N)=O)C1. The molecule has 27 heavy (non-hydrogen) atoms. The van der Waals surface area contributed by atoms with Gasteiger partial charge in [-0.15, -0.1) is 0 Å². The van der Waals surface area contributed by atoms with Crippen LogP contribution in [0, 0.1) is 12.8 Å². The van der Waals surface area contributed by atoms with Gasteiger partial charge in [-0.05, 0) is 49.4 Å². The van der Waals surface area contributed by atoms with Crippen LogP contribution in [0.3, 0.4) is 0 Å². The highest BCUT2D eigenvalue weighted by molar-refractivity contribution is 9.10. The minimum absolute atomic E-state index is 0.0476. The van der Waals surface area contributed by atoms with Gasteiger partial charge < -0.3 is 21.3 Å². The van der Waals surface area contributed by atoms with Gasteiger partial charge in [-0.25, -0.2) is 0 Å². The van der Waals surface area contributed by atoms with Crippen LogP contribution in [0.1, 0.15) is 31.2 Å². The Morgan fingerprint density at radius 2 is 2.19 bits per heavy atom. The molecule has 1 saturated heterocycles. The van der Waals surface area contributed by atoms with E-state index in [1.807, 2.05) is 25.1 Å². The number of hydrogen-bond donors (Lipinski definition) is 3. The van der Waals surface area contributed by atoms with Crippen LogP contribution in [0.5, 0.6) is 0 Å². The third-order valence-corrected chi connectivity index (χ3v) is 5.11. The molecule has 2 rings (SSSR count). The number of anilines is 1. The van der Waals surface area contributed by atoms with E-state index in [2.05, 4.69) is 36.5 Å². The number of carbonyl (C=O) groups excluding carboxylic acids is 2. The first kappa shape index (κ1) is 21.2. The molecular formula is C19H28BrN5O2. The standard InChI is InChI=1S/C19H28BrN5O2/c1-13-10-15(20)5-6-16(13)24-18(27)7-8-23-19(22-2)25-9-3-4-14(12-25)11-17(21)26/h5-6,10,14H,3-4,7-9,11-12H2,1-2H3,(H2,21,26)(H,22,23)(H,24,27). The smallest absolute Gasteiger partial charge is 0.226 e. The maximum atomic E-state index is 12.2. The Bertz CT molecular complexity index is 707. The molecule has 148 valence electrons. The number of amides is 2. The lowest BCUT2D eigenvalue weighted by Crippen LogP contribution is -2.47. The molecule has 1 aromatic carbocycles. The van der Waals surface area contributed by atoms with Crippen LogP contribution >= 0.6 is 15.9 Å². The van der Waals surface area contributed by atoms with Crippen LogP contribution in [0.15, 0.2) is 27.7 Å². The number of hydrogen-bond acceptors (Lipinski definition) is 3. The Balaban J connectivity index is 1.80. The van der Waals surface area contributed by atoms with Gasteiger partial charge >= 0.3 is 0 Å². The molecule has 1 aliphatic rings. The third kappa shape index (κ3) is 6.86. The zero-order valence-corrected chi connectivity index (χ0v) is 17.5. The maximum Gasteiger partial charge on any atom is 0.226 e. The molecule has 0 radical (unpaired) electrons. The van der Waals surface area contributed by atoms with Gasteiger partial charge in [-0.2, -0.15) is 0 Å². The molecule has 7 nitrogen and oxygen atoms in total. The van der Waals surface area contributed by atoms with E-state index in [1.54, 1.807) is 7.05 Å². The average Bonchev–Trinajstić information content (AvgIpc) is 2.61. The topological polar surface area (TPSA) is 99.8 Å². The summed E-state index contributed by atoms with van der Waals surface area (Å²) in [5.74, 6) is 0.716.